The van der Waals surface area contributed by atoms with Crippen LogP contribution in [0.25, 0.3) is 0 Å². The van der Waals surface area contributed by atoms with Gasteiger partial charge in [-0.3, -0.25) is 19.9 Å². The van der Waals surface area contributed by atoms with Crippen LogP contribution in [-0.2, 0) is 6.54 Å². The molecule has 3 heterocycles. The molecule has 11 heteroatoms. The molecule has 0 amide bonds. The number of aryl methyl sites for hydroxylation is 2. The van der Waals surface area contributed by atoms with Gasteiger partial charge in [0.15, 0.2) is 5.82 Å². The van der Waals surface area contributed by atoms with Crippen LogP contribution in [0.15, 0.2) is 144 Å². The zero-order chi connectivity index (χ0) is 40.1. The lowest BCUT2D eigenvalue weighted by Gasteiger charge is -2.42. The van der Waals surface area contributed by atoms with E-state index < -0.39 is 11.6 Å². The number of nitrogens with two attached hydrogens (primary N) is 1. The molecule has 1 fully saturated rings. The second-order valence-corrected chi connectivity index (χ2v) is 14.7. The highest BCUT2D eigenvalue weighted by atomic mass is 19.1. The van der Waals surface area contributed by atoms with Gasteiger partial charge in [0, 0.05) is 74.9 Å². The van der Waals surface area contributed by atoms with E-state index in [1.165, 1.54) is 18.3 Å². The number of aliphatic imine (C=N–C) groups is 2. The van der Waals surface area contributed by atoms with Gasteiger partial charge in [-0.25, -0.2) is 19.2 Å². The van der Waals surface area contributed by atoms with Crippen LogP contribution in [0.5, 0.6) is 0 Å². The third-order valence-electron chi connectivity index (χ3n) is 10.3. The van der Waals surface area contributed by atoms with Gasteiger partial charge >= 0.3 is 0 Å². The Morgan fingerprint density at radius 3 is 2.50 bits per heavy atom. The van der Waals surface area contributed by atoms with Gasteiger partial charge < -0.3 is 15.6 Å². The van der Waals surface area contributed by atoms with Gasteiger partial charge in [-0.05, 0) is 74.9 Å². The van der Waals surface area contributed by atoms with E-state index in [2.05, 4.69) is 83.1 Å². The molecule has 3 aromatic rings. The minimum absolute atomic E-state index is 0.133. The summed E-state index contributed by atoms with van der Waals surface area (Å²) in [6.45, 7) is 27.1. The smallest absolute Gasteiger partial charge is 0.150 e. The first-order valence-electron chi connectivity index (χ1n) is 18.9. The van der Waals surface area contributed by atoms with Crippen molar-refractivity contribution in [1.82, 2.24) is 20.2 Å². The molecule has 9 nitrogen and oxygen atoms in total. The van der Waals surface area contributed by atoms with E-state index >= 15 is 4.39 Å². The largest absolute Gasteiger partial charge is 0.405 e. The van der Waals surface area contributed by atoms with E-state index in [-0.39, 0.29) is 24.3 Å². The van der Waals surface area contributed by atoms with Crippen molar-refractivity contribution in [2.24, 2.45) is 15.7 Å². The highest BCUT2D eigenvalue weighted by Gasteiger charge is 2.40. The van der Waals surface area contributed by atoms with E-state index in [1.54, 1.807) is 11.1 Å². The molecule has 56 heavy (non-hydrogen) atoms. The first-order chi connectivity index (χ1) is 26.8. The van der Waals surface area contributed by atoms with Crippen molar-refractivity contribution in [1.29, 1.82) is 0 Å². The number of nitrogens with zero attached hydrogens (tertiary/aromatic N) is 7. The van der Waals surface area contributed by atoms with Crippen molar-refractivity contribution < 1.29 is 8.78 Å². The highest BCUT2D eigenvalue weighted by Crippen LogP contribution is 2.38. The summed E-state index contributed by atoms with van der Waals surface area (Å²) in [5, 5.41) is 5.92. The summed E-state index contributed by atoms with van der Waals surface area (Å²) in [5.41, 5.74) is 18.5. The number of amidine groups is 1. The lowest BCUT2D eigenvalue weighted by Crippen LogP contribution is -2.48. The van der Waals surface area contributed by atoms with Gasteiger partial charge in [0.05, 0.1) is 34.9 Å². The molecule has 3 aliphatic heterocycles. The molecule has 0 saturated carbocycles. The zero-order valence-corrected chi connectivity index (χ0v) is 33.0. The van der Waals surface area contributed by atoms with Crippen molar-refractivity contribution in [3.05, 3.63) is 168 Å². The number of likely N-dealkylation sites (tertiary alicyclic amines) is 1. The summed E-state index contributed by atoms with van der Waals surface area (Å²) in [4.78, 5) is 15.1. The van der Waals surface area contributed by atoms with Crippen molar-refractivity contribution >= 4 is 22.9 Å². The minimum Gasteiger partial charge on any atom is -0.405 e. The quantitative estimate of drug-likeness (QED) is 0.252. The lowest BCUT2D eigenvalue weighted by atomic mass is 9.98. The number of likely N-dealkylation sites (N-methyl/N-ethyl adjacent to an activating group) is 1. The minimum atomic E-state index is -0.656. The Balaban J connectivity index is 1.44. The molecule has 0 spiro atoms. The van der Waals surface area contributed by atoms with E-state index in [4.69, 9.17) is 22.3 Å². The van der Waals surface area contributed by atoms with Gasteiger partial charge in [0.25, 0.3) is 0 Å². The fraction of sp³-hybridized carbons (Fsp3) is 0.289. The van der Waals surface area contributed by atoms with Crippen LogP contribution in [-0.4, -0.2) is 78.2 Å². The van der Waals surface area contributed by atoms with Crippen molar-refractivity contribution in [3.63, 3.8) is 0 Å². The number of nitrogens with one attached hydrogen (secondary N) is 1. The average molecular weight is 758 g/mol. The molecular formula is C45H53F2N9. The molecule has 2 bridgehead atoms. The lowest BCUT2D eigenvalue weighted by molar-refractivity contribution is 0.289. The maximum atomic E-state index is 15.3. The maximum absolute atomic E-state index is 15.3. The number of fused-ring (bicyclic) bond motifs is 3. The molecule has 0 aliphatic carbocycles. The van der Waals surface area contributed by atoms with Crippen molar-refractivity contribution in [2.75, 3.05) is 49.8 Å². The first-order valence-corrected chi connectivity index (χ1v) is 18.9. The van der Waals surface area contributed by atoms with E-state index in [9.17, 15) is 4.39 Å². The number of anilines is 2. The normalized spacial score (nSPS) is 20.4. The van der Waals surface area contributed by atoms with Crippen molar-refractivity contribution in [3.8, 4) is 0 Å². The molecule has 0 aromatic heterocycles. The number of rotatable bonds is 6. The highest BCUT2D eigenvalue weighted by molar-refractivity contribution is 6.13. The van der Waals surface area contributed by atoms with Crippen LogP contribution in [0.3, 0.4) is 0 Å². The molecule has 2 unspecified atom stereocenters. The van der Waals surface area contributed by atoms with Gasteiger partial charge in [-0.15, -0.1) is 0 Å². The summed E-state index contributed by atoms with van der Waals surface area (Å²) >= 11 is 0. The Kier molecular flexibility index (Phi) is 12.4. The molecule has 3 aliphatic rings. The second kappa shape index (κ2) is 17.3. The average Bonchev–Trinajstić information content (AvgIpc) is 3.56. The number of benzene rings is 3. The van der Waals surface area contributed by atoms with Gasteiger partial charge in [0.1, 0.15) is 11.7 Å². The van der Waals surface area contributed by atoms with E-state index in [0.717, 1.165) is 51.1 Å². The standard InChI is InChI=1S/C45H53F2N9/c1-30(2)56-44-32(4)22-31(3)23-39(44)41(16-12-13-19-48)51-38-25-43(35(7)52(56)8)54(29-38)45-33(5)26-49-55(42-18-17-37(46)24-40(42)47)21-20-53(27-34(6)50-45)28-36-14-10-9-11-15-36/h9-19,22-24,38,43,49H,1,5-7,20-21,25-29,48H2,2-4,8H3/b16-12-,19-13+,50-45?,51-41?. The number of hydrazine groups is 2. The third-order valence-corrected chi connectivity index (χ3v) is 10.3. The molecule has 3 aromatic carbocycles. The SMILES string of the molecule is C=C1CN(Cc2ccccc2)CCN(c2ccc(F)cc2F)NCC(=C)C(N2CC3CC2C(=C)N(C)N(C(=C)C)c2c(C)cc(C)cc2C(/C=C\C=C\N)=N3)=N1. The van der Waals surface area contributed by atoms with Crippen LogP contribution >= 0.6 is 0 Å². The van der Waals surface area contributed by atoms with Crippen LogP contribution in [0, 0.1) is 25.5 Å². The molecule has 3 N–H and O–H groups in total. The summed E-state index contributed by atoms with van der Waals surface area (Å²) in [6, 6.07) is 17.8. The Labute approximate surface area is 330 Å². The fourth-order valence-electron chi connectivity index (χ4n) is 7.79. The van der Waals surface area contributed by atoms with Gasteiger partial charge in [-0.1, -0.05) is 74.4 Å². The molecule has 2 atom stereocenters. The van der Waals surface area contributed by atoms with Crippen LogP contribution < -0.4 is 21.2 Å². The van der Waals surface area contributed by atoms with Crippen LogP contribution in [0.2, 0.25) is 0 Å². The topological polar surface area (TPSA) is 79.0 Å². The molecule has 292 valence electrons. The summed E-state index contributed by atoms with van der Waals surface area (Å²) in [6.07, 6.45) is 7.87. The summed E-state index contributed by atoms with van der Waals surface area (Å²) < 4.78 is 29.4. The first kappa shape index (κ1) is 39.9. The summed E-state index contributed by atoms with van der Waals surface area (Å²) in [5.74, 6) is -0.643. The second-order valence-electron chi connectivity index (χ2n) is 14.7. The Bertz CT molecular complexity index is 2120. The number of hydrogen-bond donors (Lipinski definition) is 2. The summed E-state index contributed by atoms with van der Waals surface area (Å²) in [7, 11) is 2.02. The fourth-order valence-corrected chi connectivity index (χ4v) is 7.79. The van der Waals surface area contributed by atoms with Crippen LogP contribution in [0.1, 0.15) is 35.6 Å². The zero-order valence-electron chi connectivity index (χ0n) is 33.0. The Hall–Kier alpha value is -5.78. The monoisotopic (exact) mass is 757 g/mol. The van der Waals surface area contributed by atoms with Crippen molar-refractivity contribution in [2.45, 2.75) is 45.8 Å². The molecular weight excluding hydrogens is 705 g/mol. The maximum Gasteiger partial charge on any atom is 0.150 e. The number of halogens is 2. The molecule has 6 rings (SSSR count). The van der Waals surface area contributed by atoms with Crippen LogP contribution in [0.4, 0.5) is 20.2 Å². The molecule has 0 radical (unpaired) electrons. The number of allylic oxidation sites excluding steroid dienone is 4. The van der Waals surface area contributed by atoms with E-state index in [0.29, 0.717) is 56.3 Å². The number of hydrogen-bond acceptors (Lipinski definition) is 9. The molecule has 1 saturated heterocycles. The predicted molar refractivity (Wildman–Crippen MR) is 227 cm³/mol. The Morgan fingerprint density at radius 1 is 1.02 bits per heavy atom. The third kappa shape index (κ3) is 8.85. The van der Waals surface area contributed by atoms with Gasteiger partial charge in [0.2, 0.25) is 0 Å². The Morgan fingerprint density at radius 2 is 1.79 bits per heavy atom. The van der Waals surface area contributed by atoms with E-state index in [1.807, 2.05) is 44.3 Å². The predicted octanol–water partition coefficient (Wildman–Crippen LogP) is 7.55. The van der Waals surface area contributed by atoms with Gasteiger partial charge in [-0.2, -0.15) is 0 Å².